The van der Waals surface area contributed by atoms with E-state index in [0.717, 1.165) is 40.1 Å². The molecule has 2 aromatic carbocycles. The predicted octanol–water partition coefficient (Wildman–Crippen LogP) is 4.19. The molecule has 0 saturated carbocycles. The van der Waals surface area contributed by atoms with Crippen LogP contribution in [0.15, 0.2) is 35.1 Å². The lowest BCUT2D eigenvalue weighted by molar-refractivity contribution is 0.259. The van der Waals surface area contributed by atoms with Gasteiger partial charge in [0.2, 0.25) is 0 Å². The number of halogens is 1. The molecule has 0 spiro atoms. The molecule has 3 rings (SSSR count). The third-order valence-corrected chi connectivity index (χ3v) is 4.89. The molecule has 0 amide bonds. The van der Waals surface area contributed by atoms with Gasteiger partial charge in [0.05, 0.1) is 19.6 Å². The molecule has 0 unspecified atom stereocenters. The van der Waals surface area contributed by atoms with E-state index in [0.29, 0.717) is 23.5 Å². The molecule has 0 atom stereocenters. The van der Waals surface area contributed by atoms with Gasteiger partial charge in [0, 0.05) is 18.3 Å². The number of aromatic nitrogens is 1. The number of pyridine rings is 1. The van der Waals surface area contributed by atoms with Crippen molar-refractivity contribution in [1.82, 2.24) is 9.88 Å². The Morgan fingerprint density at radius 3 is 2.20 bits per heavy atom. The van der Waals surface area contributed by atoms with Crippen LogP contribution < -0.4 is 19.8 Å². The van der Waals surface area contributed by atoms with E-state index in [-0.39, 0.29) is 18.0 Å². The van der Waals surface area contributed by atoms with Gasteiger partial charge in [-0.15, -0.1) is 12.4 Å². The first-order valence-electron chi connectivity index (χ1n) is 9.52. The zero-order valence-corrected chi connectivity index (χ0v) is 19.1. The van der Waals surface area contributed by atoms with Gasteiger partial charge in [-0.25, -0.2) is 0 Å². The van der Waals surface area contributed by atoms with Gasteiger partial charge in [0.25, 0.3) is 5.56 Å². The number of aryl methyl sites for hydroxylation is 2. The van der Waals surface area contributed by atoms with Gasteiger partial charge in [-0.2, -0.15) is 0 Å². The fraction of sp³-hybridized carbons (Fsp3) is 0.348. The number of likely N-dealkylation sites (N-methyl/N-ethyl adjacent to an activating group) is 1. The van der Waals surface area contributed by atoms with Crippen molar-refractivity contribution < 1.29 is 14.2 Å². The van der Waals surface area contributed by atoms with E-state index in [1.165, 1.54) is 0 Å². The largest absolute Gasteiger partial charge is 0.497 e. The molecule has 1 N–H and O–H groups in total. The van der Waals surface area contributed by atoms with E-state index in [2.05, 4.69) is 9.88 Å². The van der Waals surface area contributed by atoms with Crippen LogP contribution in [0.25, 0.3) is 22.0 Å². The first-order chi connectivity index (χ1) is 13.8. The Balaban J connectivity index is 0.00000320. The molecule has 0 radical (unpaired) electrons. The first-order valence-corrected chi connectivity index (χ1v) is 9.52. The Hall–Kier alpha value is -2.70. The van der Waals surface area contributed by atoms with Crippen molar-refractivity contribution in [2.75, 3.05) is 41.5 Å². The van der Waals surface area contributed by atoms with E-state index in [9.17, 15) is 4.79 Å². The number of ether oxygens (including phenoxy) is 3. The summed E-state index contributed by atoms with van der Waals surface area (Å²) in [6, 6.07) is 9.57. The van der Waals surface area contributed by atoms with Crippen LogP contribution in [0.3, 0.4) is 0 Å². The number of benzene rings is 2. The van der Waals surface area contributed by atoms with Gasteiger partial charge >= 0.3 is 0 Å². The molecule has 1 aromatic heterocycles. The third kappa shape index (κ3) is 4.89. The van der Waals surface area contributed by atoms with Crippen LogP contribution in [0.4, 0.5) is 0 Å². The summed E-state index contributed by atoms with van der Waals surface area (Å²) in [4.78, 5) is 17.9. The number of nitrogens with one attached hydrogen (secondary N) is 1. The Labute approximate surface area is 183 Å². The minimum Gasteiger partial charge on any atom is -0.497 e. The maximum absolute atomic E-state index is 12.8. The van der Waals surface area contributed by atoms with Crippen molar-refractivity contribution in [3.05, 3.63) is 51.8 Å². The van der Waals surface area contributed by atoms with E-state index in [1.807, 2.05) is 52.2 Å². The fourth-order valence-corrected chi connectivity index (χ4v) is 3.44. The maximum atomic E-state index is 12.8. The Kier molecular flexibility index (Phi) is 7.76. The molecule has 0 aliphatic rings. The number of fused-ring (bicyclic) bond motifs is 1. The average molecular weight is 433 g/mol. The number of nitrogens with zero attached hydrogens (tertiary/aromatic N) is 1. The van der Waals surface area contributed by atoms with Gasteiger partial charge in [0.15, 0.2) is 0 Å². The van der Waals surface area contributed by atoms with Crippen molar-refractivity contribution in [2.45, 2.75) is 13.8 Å². The van der Waals surface area contributed by atoms with E-state index in [4.69, 9.17) is 14.2 Å². The predicted molar refractivity (Wildman–Crippen MR) is 124 cm³/mol. The van der Waals surface area contributed by atoms with Crippen LogP contribution in [0, 0.1) is 13.8 Å². The van der Waals surface area contributed by atoms with Crippen LogP contribution in [-0.4, -0.2) is 51.4 Å². The summed E-state index contributed by atoms with van der Waals surface area (Å²) in [6.45, 7) is 5.52. The van der Waals surface area contributed by atoms with Crippen LogP contribution in [0.2, 0.25) is 0 Å². The van der Waals surface area contributed by atoms with E-state index in [1.54, 1.807) is 20.3 Å². The molecule has 1 heterocycles. The smallest absolute Gasteiger partial charge is 0.260 e. The van der Waals surface area contributed by atoms with Crippen molar-refractivity contribution >= 4 is 23.2 Å². The molecule has 30 heavy (non-hydrogen) atoms. The summed E-state index contributed by atoms with van der Waals surface area (Å²) in [7, 11) is 7.18. The van der Waals surface area contributed by atoms with Gasteiger partial charge in [-0.3, -0.25) is 4.79 Å². The van der Waals surface area contributed by atoms with Crippen molar-refractivity contribution in [1.29, 1.82) is 0 Å². The first kappa shape index (κ1) is 23.6. The van der Waals surface area contributed by atoms with Gasteiger partial charge < -0.3 is 24.1 Å². The number of hydrogen-bond acceptors (Lipinski definition) is 5. The van der Waals surface area contributed by atoms with Crippen LogP contribution in [0.5, 0.6) is 17.2 Å². The Morgan fingerprint density at radius 1 is 0.967 bits per heavy atom. The highest BCUT2D eigenvalue weighted by Gasteiger charge is 2.13. The fourth-order valence-electron chi connectivity index (χ4n) is 3.44. The second kappa shape index (κ2) is 9.87. The third-order valence-electron chi connectivity index (χ3n) is 4.89. The van der Waals surface area contributed by atoms with Crippen LogP contribution in [-0.2, 0) is 0 Å². The number of methoxy groups -OCH3 is 2. The van der Waals surface area contributed by atoms with Crippen molar-refractivity contribution in [2.24, 2.45) is 0 Å². The monoisotopic (exact) mass is 432 g/mol. The van der Waals surface area contributed by atoms with Crippen LogP contribution in [0.1, 0.15) is 11.1 Å². The molecule has 0 aliphatic carbocycles. The summed E-state index contributed by atoms with van der Waals surface area (Å²) in [6.07, 6.45) is 0. The molecular weight excluding hydrogens is 404 g/mol. The molecule has 0 aliphatic heterocycles. The zero-order chi connectivity index (χ0) is 21.1. The highest BCUT2D eigenvalue weighted by atomic mass is 35.5. The van der Waals surface area contributed by atoms with Gasteiger partial charge in [-0.1, -0.05) is 0 Å². The molecule has 0 bridgehead atoms. The van der Waals surface area contributed by atoms with Crippen LogP contribution >= 0.6 is 12.4 Å². The number of rotatable bonds is 7. The summed E-state index contributed by atoms with van der Waals surface area (Å²) in [5.41, 5.74) is 3.54. The Bertz CT molecular complexity index is 1070. The second-order valence-corrected chi connectivity index (χ2v) is 7.40. The standard InChI is InChI=1S/C23H28N2O4.ClH/c1-14-9-16(10-15(2)22(14)29-8-7-25(3)4)19-12-17-11-18(27-5)13-20(28-6)21(17)23(26)24-19;/h9-13H,7-8H2,1-6H3,(H,24,26);1H. The summed E-state index contributed by atoms with van der Waals surface area (Å²) >= 11 is 0. The second-order valence-electron chi connectivity index (χ2n) is 7.40. The topological polar surface area (TPSA) is 63.8 Å². The minimum atomic E-state index is -0.196. The summed E-state index contributed by atoms with van der Waals surface area (Å²) < 4.78 is 16.7. The average Bonchev–Trinajstić information content (AvgIpc) is 2.68. The van der Waals surface area contributed by atoms with Crippen molar-refractivity contribution in [3.8, 4) is 28.5 Å². The number of aromatic amines is 1. The SMILES string of the molecule is COc1cc(OC)c2c(=O)[nH]c(-c3cc(C)c(OCCN(C)C)c(C)c3)cc2c1.Cl. The lowest BCUT2D eigenvalue weighted by atomic mass is 10.0. The zero-order valence-electron chi connectivity index (χ0n) is 18.3. The normalized spacial score (nSPS) is 10.8. The molecule has 6 nitrogen and oxygen atoms in total. The molecule has 162 valence electrons. The highest BCUT2D eigenvalue weighted by Crippen LogP contribution is 2.33. The lowest BCUT2D eigenvalue weighted by Crippen LogP contribution is -2.19. The van der Waals surface area contributed by atoms with E-state index < -0.39 is 0 Å². The molecule has 3 aromatic rings. The van der Waals surface area contributed by atoms with Crippen molar-refractivity contribution in [3.63, 3.8) is 0 Å². The Morgan fingerprint density at radius 2 is 1.63 bits per heavy atom. The summed E-state index contributed by atoms with van der Waals surface area (Å²) in [5, 5.41) is 1.27. The molecule has 0 saturated heterocycles. The van der Waals surface area contributed by atoms with E-state index >= 15 is 0 Å². The van der Waals surface area contributed by atoms with Gasteiger partial charge in [-0.05, 0) is 74.3 Å². The quantitative estimate of drug-likeness (QED) is 0.606. The lowest BCUT2D eigenvalue weighted by Gasteiger charge is -2.16. The maximum Gasteiger partial charge on any atom is 0.260 e. The number of H-pyrrole nitrogens is 1. The molecule has 0 fully saturated rings. The number of hydrogen-bond donors (Lipinski definition) is 1. The van der Waals surface area contributed by atoms with Gasteiger partial charge in [0.1, 0.15) is 23.9 Å². The molecular formula is C23H29ClN2O4. The highest BCUT2D eigenvalue weighted by molar-refractivity contribution is 5.91. The minimum absolute atomic E-state index is 0. The molecule has 7 heteroatoms. The summed E-state index contributed by atoms with van der Waals surface area (Å²) in [5.74, 6) is 2.02.